The number of hydrogen-bond donors (Lipinski definition) is 1. The van der Waals surface area contributed by atoms with Crippen LogP contribution >= 0.6 is 27.3 Å². The Hall–Kier alpha value is -1.96. The summed E-state index contributed by atoms with van der Waals surface area (Å²) in [4.78, 5) is 21.9. The molecule has 0 bridgehead atoms. The first-order valence-electron chi connectivity index (χ1n) is 8.49. The van der Waals surface area contributed by atoms with Crippen molar-refractivity contribution in [3.63, 3.8) is 0 Å². The van der Waals surface area contributed by atoms with Gasteiger partial charge in [-0.15, -0.1) is 0 Å². The van der Waals surface area contributed by atoms with Gasteiger partial charge in [0, 0.05) is 41.9 Å². The molecule has 0 unspecified atom stereocenters. The van der Waals surface area contributed by atoms with Gasteiger partial charge in [-0.25, -0.2) is 4.98 Å². The van der Waals surface area contributed by atoms with E-state index in [2.05, 4.69) is 38.1 Å². The summed E-state index contributed by atoms with van der Waals surface area (Å²) in [6.45, 7) is 4.12. The van der Waals surface area contributed by atoms with E-state index in [1.807, 2.05) is 36.4 Å². The molecule has 0 saturated carbocycles. The average Bonchev–Trinajstić information content (AvgIpc) is 3.05. The van der Waals surface area contributed by atoms with Crippen molar-refractivity contribution in [2.45, 2.75) is 0 Å². The van der Waals surface area contributed by atoms with Crippen molar-refractivity contribution in [1.82, 2.24) is 9.88 Å². The number of fused-ring (bicyclic) bond motifs is 1. The van der Waals surface area contributed by atoms with Crippen LogP contribution < -0.4 is 10.2 Å². The Labute approximate surface area is 164 Å². The van der Waals surface area contributed by atoms with Crippen molar-refractivity contribution in [3.8, 4) is 0 Å². The van der Waals surface area contributed by atoms with Crippen LogP contribution in [0, 0.1) is 0 Å². The van der Waals surface area contributed by atoms with E-state index >= 15 is 0 Å². The van der Waals surface area contributed by atoms with Gasteiger partial charge >= 0.3 is 0 Å². The number of carbonyl (C=O) groups is 1. The van der Waals surface area contributed by atoms with E-state index in [4.69, 9.17) is 4.98 Å². The second-order valence-corrected chi connectivity index (χ2v) is 8.36. The lowest BCUT2D eigenvalue weighted by molar-refractivity contribution is 0.102. The highest BCUT2D eigenvalue weighted by molar-refractivity contribution is 9.10. The van der Waals surface area contributed by atoms with Crippen LogP contribution in [0.15, 0.2) is 46.9 Å². The maximum atomic E-state index is 12.4. The second-order valence-electron chi connectivity index (χ2n) is 6.43. The summed E-state index contributed by atoms with van der Waals surface area (Å²) in [6, 6.07) is 13.3. The molecule has 0 atom stereocenters. The fourth-order valence-electron chi connectivity index (χ4n) is 2.96. The van der Waals surface area contributed by atoms with E-state index in [-0.39, 0.29) is 5.91 Å². The Kier molecular flexibility index (Phi) is 4.93. The van der Waals surface area contributed by atoms with Gasteiger partial charge in [-0.3, -0.25) is 4.79 Å². The van der Waals surface area contributed by atoms with Crippen molar-refractivity contribution < 1.29 is 4.79 Å². The smallest absolute Gasteiger partial charge is 0.255 e. The van der Waals surface area contributed by atoms with Crippen LogP contribution in [-0.2, 0) is 0 Å². The number of rotatable bonds is 3. The van der Waals surface area contributed by atoms with Gasteiger partial charge in [-0.1, -0.05) is 33.3 Å². The molecule has 1 fully saturated rings. The molecule has 1 aliphatic rings. The summed E-state index contributed by atoms with van der Waals surface area (Å²) < 4.78 is 1.98. The van der Waals surface area contributed by atoms with E-state index in [9.17, 15) is 4.79 Å². The average molecular weight is 431 g/mol. The third-order valence-corrected chi connectivity index (χ3v) is 6.07. The molecule has 1 N–H and O–H groups in total. The van der Waals surface area contributed by atoms with Gasteiger partial charge in [0.05, 0.1) is 10.2 Å². The number of amides is 1. The van der Waals surface area contributed by atoms with Crippen molar-refractivity contribution in [3.05, 3.63) is 52.5 Å². The molecule has 2 aromatic carbocycles. The SMILES string of the molecule is CN1CCN(c2nc3ccc(NC(=O)c4cccc(Br)c4)cc3s2)CC1. The molecule has 7 heteroatoms. The van der Waals surface area contributed by atoms with Crippen LogP contribution in [0.25, 0.3) is 10.2 Å². The number of likely N-dealkylation sites (N-methyl/N-ethyl adjacent to an activating group) is 1. The third-order valence-electron chi connectivity index (χ3n) is 4.50. The van der Waals surface area contributed by atoms with Crippen LogP contribution in [0.4, 0.5) is 10.8 Å². The number of thiazole rings is 1. The molecular weight excluding hydrogens is 412 g/mol. The number of anilines is 2. The maximum absolute atomic E-state index is 12.4. The zero-order valence-electron chi connectivity index (χ0n) is 14.4. The Balaban J connectivity index is 1.53. The van der Waals surface area contributed by atoms with E-state index < -0.39 is 0 Å². The molecule has 4 rings (SSSR count). The molecule has 1 aromatic heterocycles. The number of nitrogens with zero attached hydrogens (tertiary/aromatic N) is 3. The normalized spacial score (nSPS) is 15.4. The fourth-order valence-corrected chi connectivity index (χ4v) is 4.41. The number of benzene rings is 2. The molecule has 1 aliphatic heterocycles. The number of aromatic nitrogens is 1. The number of hydrogen-bond acceptors (Lipinski definition) is 5. The second kappa shape index (κ2) is 7.34. The Morgan fingerprint density at radius 1 is 1.15 bits per heavy atom. The lowest BCUT2D eigenvalue weighted by Gasteiger charge is -2.31. The highest BCUT2D eigenvalue weighted by Crippen LogP contribution is 2.31. The molecule has 26 heavy (non-hydrogen) atoms. The largest absolute Gasteiger partial charge is 0.345 e. The first kappa shape index (κ1) is 17.5. The topological polar surface area (TPSA) is 48.5 Å². The monoisotopic (exact) mass is 430 g/mol. The zero-order chi connectivity index (χ0) is 18.1. The first-order chi connectivity index (χ1) is 12.6. The van der Waals surface area contributed by atoms with Gasteiger partial charge in [0.1, 0.15) is 0 Å². The van der Waals surface area contributed by atoms with Gasteiger partial charge in [0.2, 0.25) is 0 Å². The summed E-state index contributed by atoms with van der Waals surface area (Å²) in [5, 5.41) is 4.03. The van der Waals surface area contributed by atoms with Gasteiger partial charge in [-0.05, 0) is 43.4 Å². The Morgan fingerprint density at radius 3 is 2.73 bits per heavy atom. The Morgan fingerprint density at radius 2 is 1.96 bits per heavy atom. The number of halogens is 1. The Bertz CT molecular complexity index is 950. The number of nitrogens with one attached hydrogen (secondary N) is 1. The predicted octanol–water partition coefficient (Wildman–Crippen LogP) is 4.06. The number of carbonyl (C=O) groups excluding carboxylic acids is 1. The summed E-state index contributed by atoms with van der Waals surface area (Å²) >= 11 is 5.08. The summed E-state index contributed by atoms with van der Waals surface area (Å²) in [5.41, 5.74) is 2.39. The first-order valence-corrected chi connectivity index (χ1v) is 10.1. The summed E-state index contributed by atoms with van der Waals surface area (Å²) in [5.74, 6) is -0.116. The fraction of sp³-hybridized carbons (Fsp3) is 0.263. The minimum Gasteiger partial charge on any atom is -0.345 e. The lowest BCUT2D eigenvalue weighted by Crippen LogP contribution is -2.44. The van der Waals surface area contributed by atoms with E-state index in [1.165, 1.54) is 0 Å². The van der Waals surface area contributed by atoms with Crippen molar-refractivity contribution >= 4 is 54.2 Å². The van der Waals surface area contributed by atoms with Crippen LogP contribution in [0.5, 0.6) is 0 Å². The zero-order valence-corrected chi connectivity index (χ0v) is 16.8. The van der Waals surface area contributed by atoms with Gasteiger partial charge in [-0.2, -0.15) is 0 Å². The van der Waals surface area contributed by atoms with E-state index in [0.29, 0.717) is 5.56 Å². The van der Waals surface area contributed by atoms with Crippen LogP contribution in [0.1, 0.15) is 10.4 Å². The van der Waals surface area contributed by atoms with Crippen LogP contribution in [0.2, 0.25) is 0 Å². The molecule has 0 aliphatic carbocycles. The lowest BCUT2D eigenvalue weighted by atomic mass is 10.2. The van der Waals surface area contributed by atoms with Crippen molar-refractivity contribution in [2.24, 2.45) is 0 Å². The molecular formula is C19H19BrN4OS. The minimum atomic E-state index is -0.116. The van der Waals surface area contributed by atoms with E-state index in [0.717, 1.165) is 51.7 Å². The highest BCUT2D eigenvalue weighted by atomic mass is 79.9. The van der Waals surface area contributed by atoms with Gasteiger partial charge in [0.25, 0.3) is 5.91 Å². The molecule has 134 valence electrons. The van der Waals surface area contributed by atoms with E-state index in [1.54, 1.807) is 17.4 Å². The predicted molar refractivity (Wildman–Crippen MR) is 111 cm³/mol. The van der Waals surface area contributed by atoms with Crippen LogP contribution in [-0.4, -0.2) is 49.0 Å². The molecule has 1 saturated heterocycles. The summed E-state index contributed by atoms with van der Waals surface area (Å²) in [7, 11) is 2.15. The maximum Gasteiger partial charge on any atom is 0.255 e. The van der Waals surface area contributed by atoms with Crippen molar-refractivity contribution in [2.75, 3.05) is 43.4 Å². The summed E-state index contributed by atoms with van der Waals surface area (Å²) in [6.07, 6.45) is 0. The molecule has 3 aromatic rings. The third kappa shape index (κ3) is 3.75. The quantitative estimate of drug-likeness (QED) is 0.680. The van der Waals surface area contributed by atoms with Gasteiger partial charge in [0.15, 0.2) is 5.13 Å². The molecule has 1 amide bonds. The standard InChI is InChI=1S/C19H19BrN4OS/c1-23-7-9-24(10-8-23)19-22-16-6-5-15(12-17(16)26-19)21-18(25)13-3-2-4-14(20)11-13/h2-6,11-12H,7-10H2,1H3,(H,21,25). The van der Waals surface area contributed by atoms with Gasteiger partial charge < -0.3 is 15.1 Å². The molecule has 5 nitrogen and oxygen atoms in total. The molecule has 0 spiro atoms. The number of piperazine rings is 1. The molecule has 2 heterocycles. The highest BCUT2D eigenvalue weighted by Gasteiger charge is 2.18. The van der Waals surface area contributed by atoms with Crippen LogP contribution in [0.3, 0.4) is 0 Å². The molecule has 0 radical (unpaired) electrons. The minimum absolute atomic E-state index is 0.116. The van der Waals surface area contributed by atoms with Crippen molar-refractivity contribution in [1.29, 1.82) is 0 Å².